The summed E-state index contributed by atoms with van der Waals surface area (Å²) in [5.74, 6) is -2.39. The van der Waals surface area contributed by atoms with Gasteiger partial charge in [-0.25, -0.2) is 0 Å². The van der Waals surface area contributed by atoms with Crippen molar-refractivity contribution >= 4 is 27.3 Å². The van der Waals surface area contributed by atoms with E-state index < -0.39 is 46.8 Å². The first kappa shape index (κ1) is 16.7. The molecule has 22 heavy (non-hydrogen) atoms. The van der Waals surface area contributed by atoms with E-state index in [1.165, 1.54) is 0 Å². The van der Waals surface area contributed by atoms with Crippen LogP contribution in [0.15, 0.2) is 28.6 Å². The molecule has 1 atom stereocenters. The minimum absolute atomic E-state index is 0.318. The van der Waals surface area contributed by atoms with E-state index in [9.17, 15) is 31.1 Å². The lowest BCUT2D eigenvalue weighted by atomic mass is 9.98. The van der Waals surface area contributed by atoms with Crippen molar-refractivity contribution in [2.75, 3.05) is 0 Å². The molecule has 1 aliphatic rings. The summed E-state index contributed by atoms with van der Waals surface area (Å²) in [4.78, 5) is 11.7. The normalized spacial score (nSPS) is 19.6. The Morgan fingerprint density at radius 1 is 1.14 bits per heavy atom. The fourth-order valence-electron chi connectivity index (χ4n) is 1.89. The Bertz CT molecular complexity index is 665. The van der Waals surface area contributed by atoms with Crippen molar-refractivity contribution in [2.24, 2.45) is 5.73 Å². The standard InChI is InChI=1S/C12H6BrF6NO2/c13-6-2-1-4(3-5(6)11(14,15)16)7-8(21)9(12(17,18)19)22-10(7)20/h1-3,9H,20H2. The molecule has 0 saturated heterocycles. The van der Waals surface area contributed by atoms with Crippen LogP contribution in [0.4, 0.5) is 26.3 Å². The number of nitrogens with two attached hydrogens (primary N) is 1. The highest BCUT2D eigenvalue weighted by Gasteiger charge is 2.52. The summed E-state index contributed by atoms with van der Waals surface area (Å²) in [6.45, 7) is 0. The van der Waals surface area contributed by atoms with Crippen LogP contribution in [0.1, 0.15) is 11.1 Å². The number of carbonyl (C=O) groups is 1. The molecule has 10 heteroatoms. The third-order valence-electron chi connectivity index (χ3n) is 2.83. The number of ketones is 1. The van der Waals surface area contributed by atoms with Gasteiger partial charge in [0.15, 0.2) is 5.88 Å². The van der Waals surface area contributed by atoms with Gasteiger partial charge in [-0.3, -0.25) is 4.79 Å². The lowest BCUT2D eigenvalue weighted by molar-refractivity contribution is -0.201. The fraction of sp³-hybridized carbons (Fsp3) is 0.250. The molecule has 0 saturated carbocycles. The zero-order chi connectivity index (χ0) is 16.9. The van der Waals surface area contributed by atoms with E-state index in [4.69, 9.17) is 5.73 Å². The molecule has 2 N–H and O–H groups in total. The van der Waals surface area contributed by atoms with Gasteiger partial charge in [-0.2, -0.15) is 26.3 Å². The van der Waals surface area contributed by atoms with E-state index in [2.05, 4.69) is 20.7 Å². The van der Waals surface area contributed by atoms with Crippen molar-refractivity contribution in [1.82, 2.24) is 0 Å². The van der Waals surface area contributed by atoms with Crippen molar-refractivity contribution in [1.29, 1.82) is 0 Å². The highest BCUT2D eigenvalue weighted by molar-refractivity contribution is 9.10. The molecule has 0 bridgehead atoms. The van der Waals surface area contributed by atoms with Gasteiger partial charge in [-0.05, 0) is 17.7 Å². The monoisotopic (exact) mass is 389 g/mol. The number of Topliss-reactive ketones (excluding diaryl/α,β-unsaturated/α-hetero) is 1. The molecule has 0 fully saturated rings. The zero-order valence-electron chi connectivity index (χ0n) is 10.3. The number of alkyl halides is 6. The zero-order valence-corrected chi connectivity index (χ0v) is 11.9. The van der Waals surface area contributed by atoms with Crippen LogP contribution in [0.3, 0.4) is 0 Å². The molecule has 1 heterocycles. The molecule has 0 aromatic heterocycles. The smallest absolute Gasteiger partial charge is 0.433 e. The molecule has 1 unspecified atom stereocenters. The van der Waals surface area contributed by atoms with Gasteiger partial charge >= 0.3 is 12.4 Å². The number of halogens is 7. The Balaban J connectivity index is 2.49. The summed E-state index contributed by atoms with van der Waals surface area (Å²) < 4.78 is 80.1. The van der Waals surface area contributed by atoms with Gasteiger partial charge in [0.05, 0.1) is 11.1 Å². The maximum atomic E-state index is 12.8. The van der Waals surface area contributed by atoms with E-state index in [0.29, 0.717) is 6.07 Å². The summed E-state index contributed by atoms with van der Waals surface area (Å²) in [7, 11) is 0. The van der Waals surface area contributed by atoms with Crippen molar-refractivity contribution in [3.8, 4) is 0 Å². The predicted molar refractivity (Wildman–Crippen MR) is 66.2 cm³/mol. The van der Waals surface area contributed by atoms with Gasteiger partial charge < -0.3 is 10.5 Å². The highest BCUT2D eigenvalue weighted by Crippen LogP contribution is 2.40. The summed E-state index contributed by atoms with van der Waals surface area (Å²) >= 11 is 2.69. The lowest BCUT2D eigenvalue weighted by Gasteiger charge is -2.13. The first-order valence-corrected chi connectivity index (χ1v) is 6.36. The van der Waals surface area contributed by atoms with E-state index in [1.54, 1.807) is 0 Å². The number of hydrogen-bond donors (Lipinski definition) is 1. The Hall–Kier alpha value is -1.71. The quantitative estimate of drug-likeness (QED) is 0.746. The second kappa shape index (κ2) is 5.18. The molecular formula is C12H6BrF6NO2. The molecule has 0 spiro atoms. The Kier molecular flexibility index (Phi) is 3.92. The molecule has 2 rings (SSSR count). The van der Waals surface area contributed by atoms with Crippen molar-refractivity contribution in [3.63, 3.8) is 0 Å². The average molecular weight is 390 g/mol. The molecular weight excluding hydrogens is 384 g/mol. The van der Waals surface area contributed by atoms with Crippen LogP contribution >= 0.6 is 15.9 Å². The molecule has 0 radical (unpaired) electrons. The van der Waals surface area contributed by atoms with Crippen LogP contribution in [0.2, 0.25) is 0 Å². The van der Waals surface area contributed by atoms with Crippen LogP contribution < -0.4 is 5.73 Å². The number of benzene rings is 1. The van der Waals surface area contributed by atoms with E-state index in [0.717, 1.165) is 12.1 Å². The fourth-order valence-corrected chi connectivity index (χ4v) is 2.36. The van der Waals surface area contributed by atoms with Crippen LogP contribution in [0, 0.1) is 0 Å². The Morgan fingerprint density at radius 3 is 2.18 bits per heavy atom. The number of ether oxygens (including phenoxy) is 1. The van der Waals surface area contributed by atoms with Crippen molar-refractivity contribution < 1.29 is 35.9 Å². The summed E-state index contributed by atoms with van der Waals surface area (Å²) in [6.07, 6.45) is -12.6. The molecule has 3 nitrogen and oxygen atoms in total. The van der Waals surface area contributed by atoms with Crippen molar-refractivity contribution in [3.05, 3.63) is 39.7 Å². The molecule has 120 valence electrons. The number of rotatable bonds is 1. The summed E-state index contributed by atoms with van der Waals surface area (Å²) in [6, 6.07) is 2.54. The average Bonchev–Trinajstić information content (AvgIpc) is 2.64. The largest absolute Gasteiger partial charge is 0.457 e. The van der Waals surface area contributed by atoms with Gasteiger partial charge in [0.2, 0.25) is 5.78 Å². The second-order valence-electron chi connectivity index (χ2n) is 4.34. The minimum atomic E-state index is -5.01. The maximum Gasteiger partial charge on any atom is 0.433 e. The third kappa shape index (κ3) is 2.92. The Morgan fingerprint density at radius 2 is 1.73 bits per heavy atom. The molecule has 0 aliphatic carbocycles. The van der Waals surface area contributed by atoms with Crippen molar-refractivity contribution in [2.45, 2.75) is 18.5 Å². The predicted octanol–water partition coefficient (Wildman–Crippen LogP) is 3.63. The van der Waals surface area contributed by atoms with Crippen LogP contribution in [0.5, 0.6) is 0 Å². The van der Waals surface area contributed by atoms with E-state index in [1.807, 2.05) is 0 Å². The van der Waals surface area contributed by atoms with E-state index in [-0.39, 0.29) is 4.47 Å². The summed E-state index contributed by atoms with van der Waals surface area (Å²) in [5.41, 5.74) is 2.96. The first-order valence-electron chi connectivity index (χ1n) is 5.57. The van der Waals surface area contributed by atoms with Gasteiger partial charge in [0.1, 0.15) is 0 Å². The molecule has 1 aromatic carbocycles. The number of hydrogen-bond acceptors (Lipinski definition) is 3. The number of carbonyl (C=O) groups excluding carboxylic acids is 1. The van der Waals surface area contributed by atoms with Crippen LogP contribution in [-0.2, 0) is 15.7 Å². The van der Waals surface area contributed by atoms with E-state index >= 15 is 0 Å². The topological polar surface area (TPSA) is 52.3 Å². The van der Waals surface area contributed by atoms with Gasteiger partial charge in [-0.1, -0.05) is 22.0 Å². The molecule has 1 aliphatic heterocycles. The van der Waals surface area contributed by atoms with Crippen LogP contribution in [0.25, 0.3) is 5.57 Å². The van der Waals surface area contributed by atoms with Gasteiger partial charge in [0, 0.05) is 4.47 Å². The second-order valence-corrected chi connectivity index (χ2v) is 5.19. The third-order valence-corrected chi connectivity index (χ3v) is 3.52. The molecule has 0 amide bonds. The van der Waals surface area contributed by atoms with Gasteiger partial charge in [0.25, 0.3) is 6.10 Å². The van der Waals surface area contributed by atoms with Gasteiger partial charge in [-0.15, -0.1) is 0 Å². The summed E-state index contributed by atoms with van der Waals surface area (Å²) in [5, 5.41) is 0. The van der Waals surface area contributed by atoms with Crippen LogP contribution in [-0.4, -0.2) is 18.1 Å². The Labute approximate surface area is 127 Å². The minimum Gasteiger partial charge on any atom is -0.457 e. The lowest BCUT2D eigenvalue weighted by Crippen LogP contribution is -2.35. The maximum absolute atomic E-state index is 12.8. The molecule has 1 aromatic rings. The highest BCUT2D eigenvalue weighted by atomic mass is 79.9. The SMILES string of the molecule is NC1=C(c2ccc(Br)c(C(F)(F)F)c2)C(=O)C(C(F)(F)F)O1. The first-order chi connectivity index (χ1) is 9.93.